The Morgan fingerprint density at radius 3 is 2.83 bits per heavy atom. The van der Waals surface area contributed by atoms with Crippen LogP contribution in [0.2, 0.25) is 0 Å². The molecule has 18 heavy (non-hydrogen) atoms. The lowest BCUT2D eigenvalue weighted by Crippen LogP contribution is -2.16. The van der Waals surface area contributed by atoms with Crippen molar-refractivity contribution < 1.29 is 9.90 Å². The van der Waals surface area contributed by atoms with Gasteiger partial charge in [0.25, 0.3) is 0 Å². The van der Waals surface area contributed by atoms with E-state index in [1.807, 2.05) is 25.7 Å². The fourth-order valence-corrected chi connectivity index (χ4v) is 1.79. The zero-order valence-corrected chi connectivity index (χ0v) is 10.7. The minimum absolute atomic E-state index is 0.166. The summed E-state index contributed by atoms with van der Waals surface area (Å²) in [6, 6.07) is 1.56. The van der Waals surface area contributed by atoms with Crippen molar-refractivity contribution in [2.75, 3.05) is 20.6 Å². The quantitative estimate of drug-likeness (QED) is 0.865. The van der Waals surface area contributed by atoms with Gasteiger partial charge in [0.05, 0.1) is 5.56 Å². The highest BCUT2D eigenvalue weighted by molar-refractivity contribution is 5.90. The number of hydrogen-bond donors (Lipinski definition) is 1. The molecule has 2 aromatic heterocycles. The zero-order chi connectivity index (χ0) is 13.3. The van der Waals surface area contributed by atoms with E-state index in [0.717, 1.165) is 18.8 Å². The summed E-state index contributed by atoms with van der Waals surface area (Å²) in [7, 11) is 5.90. The lowest BCUT2D eigenvalue weighted by atomic mass is 10.3. The summed E-state index contributed by atoms with van der Waals surface area (Å²) >= 11 is 0. The van der Waals surface area contributed by atoms with Crippen molar-refractivity contribution >= 4 is 17.1 Å². The van der Waals surface area contributed by atoms with E-state index >= 15 is 0 Å². The zero-order valence-electron chi connectivity index (χ0n) is 10.7. The molecule has 2 rings (SSSR count). The molecule has 0 aliphatic rings. The molecule has 0 aliphatic carbocycles. The Morgan fingerprint density at radius 1 is 1.50 bits per heavy atom. The maximum Gasteiger partial charge on any atom is 0.337 e. The van der Waals surface area contributed by atoms with Gasteiger partial charge in [-0.15, -0.1) is 0 Å². The average Bonchev–Trinajstić information content (AvgIpc) is 2.63. The molecule has 0 radical (unpaired) electrons. The molecule has 0 amide bonds. The maximum absolute atomic E-state index is 10.9. The van der Waals surface area contributed by atoms with Gasteiger partial charge in [-0.2, -0.15) is 0 Å². The summed E-state index contributed by atoms with van der Waals surface area (Å²) in [6.07, 6.45) is 2.17. The lowest BCUT2D eigenvalue weighted by Gasteiger charge is -2.08. The van der Waals surface area contributed by atoms with Crippen LogP contribution in [-0.2, 0) is 13.5 Å². The van der Waals surface area contributed by atoms with E-state index < -0.39 is 5.97 Å². The first-order valence-electron chi connectivity index (χ1n) is 5.68. The number of carboxylic acids is 1. The van der Waals surface area contributed by atoms with Gasteiger partial charge in [0.2, 0.25) is 0 Å². The molecule has 2 aromatic rings. The van der Waals surface area contributed by atoms with Crippen LogP contribution in [0.25, 0.3) is 11.2 Å². The van der Waals surface area contributed by atoms with Gasteiger partial charge in [0, 0.05) is 26.2 Å². The van der Waals surface area contributed by atoms with Crippen LogP contribution in [0, 0.1) is 0 Å². The molecular formula is C12H16N4O2. The standard InChI is InChI=1S/C12H16N4O2/c1-15(2)5-4-10-14-9-6-8(12(17)18)7-13-11(9)16(10)3/h6-7H,4-5H2,1-3H3,(H,17,18). The molecule has 0 saturated heterocycles. The van der Waals surface area contributed by atoms with Gasteiger partial charge in [-0.1, -0.05) is 0 Å². The van der Waals surface area contributed by atoms with Crippen LogP contribution < -0.4 is 0 Å². The third-order valence-corrected chi connectivity index (χ3v) is 2.83. The number of fused-ring (bicyclic) bond motifs is 1. The van der Waals surface area contributed by atoms with Crippen molar-refractivity contribution in [3.63, 3.8) is 0 Å². The predicted molar refractivity (Wildman–Crippen MR) is 67.7 cm³/mol. The topological polar surface area (TPSA) is 71.2 Å². The van der Waals surface area contributed by atoms with Crippen molar-refractivity contribution in [1.29, 1.82) is 0 Å². The lowest BCUT2D eigenvalue weighted by molar-refractivity contribution is 0.0696. The molecule has 96 valence electrons. The van der Waals surface area contributed by atoms with Gasteiger partial charge in [-0.05, 0) is 20.2 Å². The minimum atomic E-state index is -0.982. The number of aromatic nitrogens is 3. The molecule has 0 bridgehead atoms. The number of carbonyl (C=O) groups is 1. The Balaban J connectivity index is 2.39. The molecule has 0 atom stereocenters. The van der Waals surface area contributed by atoms with Gasteiger partial charge < -0.3 is 14.6 Å². The van der Waals surface area contributed by atoms with Crippen molar-refractivity contribution in [1.82, 2.24) is 19.4 Å². The van der Waals surface area contributed by atoms with Crippen molar-refractivity contribution in [3.05, 3.63) is 23.7 Å². The van der Waals surface area contributed by atoms with Crippen LogP contribution in [0.15, 0.2) is 12.3 Å². The van der Waals surface area contributed by atoms with E-state index in [-0.39, 0.29) is 5.56 Å². The normalized spacial score (nSPS) is 11.3. The monoisotopic (exact) mass is 248 g/mol. The number of likely N-dealkylation sites (N-methyl/N-ethyl adjacent to an activating group) is 1. The van der Waals surface area contributed by atoms with E-state index in [1.54, 1.807) is 6.07 Å². The summed E-state index contributed by atoms with van der Waals surface area (Å²) in [4.78, 5) is 21.5. The number of nitrogens with zero attached hydrogens (tertiary/aromatic N) is 4. The molecule has 6 heteroatoms. The third-order valence-electron chi connectivity index (χ3n) is 2.83. The average molecular weight is 248 g/mol. The number of hydrogen-bond acceptors (Lipinski definition) is 4. The summed E-state index contributed by atoms with van der Waals surface area (Å²) in [6.45, 7) is 0.892. The second-order valence-corrected chi connectivity index (χ2v) is 4.51. The SMILES string of the molecule is CN(C)CCc1nc2cc(C(=O)O)cnc2n1C. The fourth-order valence-electron chi connectivity index (χ4n) is 1.79. The second kappa shape index (κ2) is 4.73. The predicted octanol–water partition coefficient (Wildman–Crippen LogP) is 0.771. The summed E-state index contributed by atoms with van der Waals surface area (Å²) in [5, 5.41) is 8.92. The van der Waals surface area contributed by atoms with Gasteiger partial charge in [-0.25, -0.2) is 14.8 Å². The summed E-state index contributed by atoms with van der Waals surface area (Å²) in [5.74, 6) is -0.0707. The van der Waals surface area contributed by atoms with E-state index in [0.29, 0.717) is 11.2 Å². The second-order valence-electron chi connectivity index (χ2n) is 4.51. The first-order valence-corrected chi connectivity index (χ1v) is 5.68. The van der Waals surface area contributed by atoms with Gasteiger partial charge in [0.15, 0.2) is 5.65 Å². The van der Waals surface area contributed by atoms with Crippen molar-refractivity contribution in [2.45, 2.75) is 6.42 Å². The molecule has 6 nitrogen and oxygen atoms in total. The van der Waals surface area contributed by atoms with Gasteiger partial charge in [0.1, 0.15) is 11.3 Å². The highest BCUT2D eigenvalue weighted by Crippen LogP contribution is 2.14. The number of pyridine rings is 1. The summed E-state index contributed by atoms with van der Waals surface area (Å²) < 4.78 is 1.91. The van der Waals surface area contributed by atoms with Gasteiger partial charge in [-0.3, -0.25) is 0 Å². The molecule has 0 unspecified atom stereocenters. The summed E-state index contributed by atoms with van der Waals surface area (Å²) in [5.41, 5.74) is 1.51. The van der Waals surface area contributed by atoms with Crippen LogP contribution in [-0.4, -0.2) is 51.2 Å². The molecule has 0 aromatic carbocycles. The number of carboxylic acid groups (broad SMARTS) is 1. The first kappa shape index (κ1) is 12.5. The molecule has 2 heterocycles. The Kier molecular flexibility index (Phi) is 3.29. The van der Waals surface area contributed by atoms with E-state index in [1.165, 1.54) is 6.20 Å². The van der Waals surface area contributed by atoms with Crippen LogP contribution in [0.4, 0.5) is 0 Å². The number of imidazole rings is 1. The first-order chi connectivity index (χ1) is 8.49. The van der Waals surface area contributed by atoms with E-state index in [9.17, 15) is 4.79 Å². The highest BCUT2D eigenvalue weighted by atomic mass is 16.4. The van der Waals surface area contributed by atoms with Gasteiger partial charge >= 0.3 is 5.97 Å². The molecule has 0 aliphatic heterocycles. The van der Waals surface area contributed by atoms with Crippen molar-refractivity contribution in [2.24, 2.45) is 7.05 Å². The van der Waals surface area contributed by atoms with E-state index in [2.05, 4.69) is 14.9 Å². The fraction of sp³-hybridized carbons (Fsp3) is 0.417. The minimum Gasteiger partial charge on any atom is -0.478 e. The van der Waals surface area contributed by atoms with Crippen molar-refractivity contribution in [3.8, 4) is 0 Å². The smallest absolute Gasteiger partial charge is 0.337 e. The third kappa shape index (κ3) is 2.33. The van der Waals surface area contributed by atoms with Crippen LogP contribution in [0.5, 0.6) is 0 Å². The van der Waals surface area contributed by atoms with E-state index in [4.69, 9.17) is 5.11 Å². The Morgan fingerprint density at radius 2 is 2.22 bits per heavy atom. The Labute approximate surface area is 105 Å². The van der Waals surface area contributed by atoms with Crippen LogP contribution >= 0.6 is 0 Å². The Hall–Kier alpha value is -1.95. The highest BCUT2D eigenvalue weighted by Gasteiger charge is 2.12. The number of aryl methyl sites for hydroxylation is 1. The molecular weight excluding hydrogens is 232 g/mol. The Bertz CT molecular complexity index is 589. The molecule has 1 N–H and O–H groups in total. The maximum atomic E-state index is 10.9. The molecule has 0 spiro atoms. The van der Waals surface area contributed by atoms with Crippen LogP contribution in [0.1, 0.15) is 16.2 Å². The number of rotatable bonds is 4. The number of aromatic carboxylic acids is 1. The largest absolute Gasteiger partial charge is 0.478 e. The van der Waals surface area contributed by atoms with Crippen LogP contribution in [0.3, 0.4) is 0 Å². The molecule has 0 fully saturated rings. The molecule has 0 saturated carbocycles.